The molecule has 0 bridgehead atoms. The summed E-state index contributed by atoms with van der Waals surface area (Å²) >= 11 is 5.99. The third-order valence-corrected chi connectivity index (χ3v) is 2.70. The maximum Gasteiger partial charge on any atom is 0.293 e. The van der Waals surface area contributed by atoms with Gasteiger partial charge in [0.1, 0.15) is 5.69 Å². The zero-order valence-electron chi connectivity index (χ0n) is 10.3. The third-order valence-electron chi connectivity index (χ3n) is 2.39. The number of methoxy groups -OCH3 is 1. The van der Waals surface area contributed by atoms with Gasteiger partial charge in [-0.1, -0.05) is 11.6 Å². The average Bonchev–Trinajstić information content (AvgIpc) is 2.35. The molecular formula is C11H16ClN3O3. The van der Waals surface area contributed by atoms with Gasteiger partial charge in [-0.3, -0.25) is 10.1 Å². The predicted molar refractivity (Wildman–Crippen MR) is 72.6 cm³/mol. The third kappa shape index (κ3) is 3.75. The lowest BCUT2D eigenvalue weighted by atomic mass is 10.2. The number of rotatable bonds is 7. The van der Waals surface area contributed by atoms with Gasteiger partial charge in [-0.05, 0) is 12.5 Å². The van der Waals surface area contributed by atoms with Crippen molar-refractivity contribution in [3.8, 4) is 0 Å². The van der Waals surface area contributed by atoms with Crippen LogP contribution in [0.3, 0.4) is 0 Å². The SMILES string of the molecule is CNc1cc(NCCCOC)c(Cl)cc1[N+](=O)[O-]. The quantitative estimate of drug-likeness (QED) is 0.454. The van der Waals surface area contributed by atoms with Crippen LogP contribution in [-0.2, 0) is 4.74 Å². The first-order chi connectivity index (χ1) is 8.60. The first-order valence-corrected chi connectivity index (χ1v) is 5.86. The van der Waals surface area contributed by atoms with Crippen LogP contribution >= 0.6 is 11.6 Å². The fraction of sp³-hybridized carbons (Fsp3) is 0.455. The van der Waals surface area contributed by atoms with Crippen LogP contribution in [0.4, 0.5) is 17.1 Å². The smallest absolute Gasteiger partial charge is 0.293 e. The monoisotopic (exact) mass is 273 g/mol. The lowest BCUT2D eigenvalue weighted by Gasteiger charge is -2.10. The maximum atomic E-state index is 10.8. The molecule has 2 N–H and O–H groups in total. The van der Waals surface area contributed by atoms with E-state index in [-0.39, 0.29) is 5.69 Å². The molecule has 100 valence electrons. The van der Waals surface area contributed by atoms with Crippen molar-refractivity contribution in [2.75, 3.05) is 37.9 Å². The van der Waals surface area contributed by atoms with Gasteiger partial charge < -0.3 is 15.4 Å². The predicted octanol–water partition coefficient (Wildman–Crippen LogP) is 2.74. The molecule has 0 aliphatic carbocycles. The van der Waals surface area contributed by atoms with Crippen molar-refractivity contribution in [1.29, 1.82) is 0 Å². The van der Waals surface area contributed by atoms with Crippen LogP contribution in [0.1, 0.15) is 6.42 Å². The Morgan fingerprint density at radius 3 is 2.72 bits per heavy atom. The number of nitro benzene ring substituents is 1. The van der Waals surface area contributed by atoms with Gasteiger partial charge in [-0.2, -0.15) is 0 Å². The fourth-order valence-corrected chi connectivity index (χ4v) is 1.71. The van der Waals surface area contributed by atoms with Crippen molar-refractivity contribution in [3.05, 3.63) is 27.3 Å². The van der Waals surface area contributed by atoms with E-state index in [4.69, 9.17) is 16.3 Å². The normalized spacial score (nSPS) is 10.2. The van der Waals surface area contributed by atoms with Gasteiger partial charge in [0.15, 0.2) is 0 Å². The van der Waals surface area contributed by atoms with Crippen molar-refractivity contribution in [3.63, 3.8) is 0 Å². The first kappa shape index (κ1) is 14.5. The number of nitro groups is 1. The summed E-state index contributed by atoms with van der Waals surface area (Å²) in [5, 5.41) is 17.0. The van der Waals surface area contributed by atoms with E-state index in [1.165, 1.54) is 6.07 Å². The van der Waals surface area contributed by atoms with E-state index in [1.54, 1.807) is 20.2 Å². The summed E-state index contributed by atoms with van der Waals surface area (Å²) in [6.07, 6.45) is 0.832. The molecule has 0 unspecified atom stereocenters. The molecule has 0 aliphatic rings. The van der Waals surface area contributed by atoms with Crippen LogP contribution < -0.4 is 10.6 Å². The zero-order chi connectivity index (χ0) is 13.5. The molecule has 7 heteroatoms. The number of hydrogen-bond donors (Lipinski definition) is 2. The molecule has 0 amide bonds. The Labute approximate surface area is 110 Å². The molecule has 0 saturated carbocycles. The number of halogens is 1. The van der Waals surface area contributed by atoms with Gasteiger partial charge in [0.2, 0.25) is 0 Å². The lowest BCUT2D eigenvalue weighted by Crippen LogP contribution is -2.06. The highest BCUT2D eigenvalue weighted by atomic mass is 35.5. The van der Waals surface area contributed by atoms with Crippen molar-refractivity contribution >= 4 is 28.7 Å². The number of nitrogens with one attached hydrogen (secondary N) is 2. The van der Waals surface area contributed by atoms with Crippen LogP contribution in [-0.4, -0.2) is 32.2 Å². The topological polar surface area (TPSA) is 76.4 Å². The molecule has 1 aromatic carbocycles. The number of ether oxygens (including phenoxy) is 1. The molecule has 0 radical (unpaired) electrons. The largest absolute Gasteiger partial charge is 0.385 e. The van der Waals surface area contributed by atoms with Gasteiger partial charge in [-0.25, -0.2) is 0 Å². The highest BCUT2D eigenvalue weighted by Crippen LogP contribution is 2.33. The molecule has 0 fully saturated rings. The Balaban J connectivity index is 2.83. The molecule has 0 heterocycles. The van der Waals surface area contributed by atoms with Gasteiger partial charge in [0.25, 0.3) is 5.69 Å². The standard InChI is InChI=1S/C11H16ClN3O3/c1-13-10-7-9(14-4-3-5-18-2)8(12)6-11(10)15(16)17/h6-7,13-14H,3-5H2,1-2H3. The molecule has 0 aliphatic heterocycles. The molecular weight excluding hydrogens is 258 g/mol. The Morgan fingerprint density at radius 1 is 1.44 bits per heavy atom. The molecule has 1 rings (SSSR count). The van der Waals surface area contributed by atoms with Crippen LogP contribution in [0.2, 0.25) is 5.02 Å². The van der Waals surface area contributed by atoms with Crippen molar-refractivity contribution < 1.29 is 9.66 Å². The lowest BCUT2D eigenvalue weighted by molar-refractivity contribution is -0.383. The van der Waals surface area contributed by atoms with Gasteiger partial charge in [0.05, 0.1) is 15.6 Å². The summed E-state index contributed by atoms with van der Waals surface area (Å²) in [5.41, 5.74) is 1.06. The second kappa shape index (κ2) is 7.03. The molecule has 18 heavy (non-hydrogen) atoms. The first-order valence-electron chi connectivity index (χ1n) is 5.48. The van der Waals surface area contributed by atoms with Crippen LogP contribution in [0, 0.1) is 10.1 Å². The summed E-state index contributed by atoms with van der Waals surface area (Å²) in [7, 11) is 3.27. The molecule has 0 saturated heterocycles. The minimum absolute atomic E-state index is 0.0371. The average molecular weight is 274 g/mol. The maximum absolute atomic E-state index is 10.8. The van der Waals surface area contributed by atoms with Crippen molar-refractivity contribution in [2.45, 2.75) is 6.42 Å². The molecule has 6 nitrogen and oxygen atoms in total. The summed E-state index contributed by atoms with van der Waals surface area (Å²) in [6.45, 7) is 1.34. The summed E-state index contributed by atoms with van der Waals surface area (Å²) in [6, 6.07) is 2.97. The van der Waals surface area contributed by atoms with E-state index in [0.29, 0.717) is 29.5 Å². The van der Waals surface area contributed by atoms with E-state index < -0.39 is 4.92 Å². The van der Waals surface area contributed by atoms with Gasteiger partial charge >= 0.3 is 0 Å². The van der Waals surface area contributed by atoms with Crippen LogP contribution in [0.25, 0.3) is 0 Å². The second-order valence-corrected chi connectivity index (χ2v) is 4.04. The molecule has 1 aromatic rings. The minimum atomic E-state index is -0.466. The molecule has 0 atom stereocenters. The number of benzene rings is 1. The minimum Gasteiger partial charge on any atom is -0.385 e. The number of nitrogens with zero attached hydrogens (tertiary/aromatic N) is 1. The second-order valence-electron chi connectivity index (χ2n) is 3.63. The summed E-state index contributed by atoms with van der Waals surface area (Å²) in [4.78, 5) is 10.3. The highest BCUT2D eigenvalue weighted by molar-refractivity contribution is 6.33. The molecule has 0 aromatic heterocycles. The number of hydrogen-bond acceptors (Lipinski definition) is 5. The zero-order valence-corrected chi connectivity index (χ0v) is 11.1. The summed E-state index contributed by atoms with van der Waals surface area (Å²) < 4.78 is 4.93. The van der Waals surface area contributed by atoms with Crippen LogP contribution in [0.15, 0.2) is 12.1 Å². The number of anilines is 2. The van der Waals surface area contributed by atoms with E-state index >= 15 is 0 Å². The van der Waals surface area contributed by atoms with Crippen LogP contribution in [0.5, 0.6) is 0 Å². The Hall–Kier alpha value is -1.53. The van der Waals surface area contributed by atoms with E-state index in [0.717, 1.165) is 6.42 Å². The van der Waals surface area contributed by atoms with Gasteiger partial charge in [0, 0.05) is 33.4 Å². The molecule has 0 spiro atoms. The Kier molecular flexibility index (Phi) is 5.67. The highest BCUT2D eigenvalue weighted by Gasteiger charge is 2.16. The van der Waals surface area contributed by atoms with Crippen molar-refractivity contribution in [1.82, 2.24) is 0 Å². The van der Waals surface area contributed by atoms with E-state index in [1.807, 2.05) is 0 Å². The Bertz CT molecular complexity index is 426. The van der Waals surface area contributed by atoms with Crippen molar-refractivity contribution in [2.24, 2.45) is 0 Å². The van der Waals surface area contributed by atoms with E-state index in [2.05, 4.69) is 10.6 Å². The summed E-state index contributed by atoms with van der Waals surface area (Å²) in [5.74, 6) is 0. The van der Waals surface area contributed by atoms with Gasteiger partial charge in [-0.15, -0.1) is 0 Å². The fourth-order valence-electron chi connectivity index (χ4n) is 1.49. The van der Waals surface area contributed by atoms with E-state index in [9.17, 15) is 10.1 Å². The Morgan fingerprint density at radius 2 is 2.17 bits per heavy atom.